The quantitative estimate of drug-likeness (QED) is 0.191. The molecule has 0 saturated heterocycles. The van der Waals surface area contributed by atoms with Crippen molar-refractivity contribution in [3.8, 4) is 22.6 Å². The fourth-order valence-electron chi connectivity index (χ4n) is 4.95. The van der Waals surface area contributed by atoms with E-state index in [2.05, 4.69) is 5.32 Å². The highest BCUT2D eigenvalue weighted by molar-refractivity contribution is 6.06. The van der Waals surface area contributed by atoms with Crippen molar-refractivity contribution < 1.29 is 33.4 Å². The molecule has 1 unspecified atom stereocenters. The first-order chi connectivity index (χ1) is 21.2. The molecule has 0 aliphatic rings. The Kier molecular flexibility index (Phi) is 10.7. The molecule has 44 heavy (non-hydrogen) atoms. The third kappa shape index (κ3) is 7.80. The van der Waals surface area contributed by atoms with Crippen LogP contribution in [0.2, 0.25) is 0 Å². The Hall–Kier alpha value is -5.18. The normalized spacial score (nSPS) is 11.4. The number of halogens is 1. The summed E-state index contributed by atoms with van der Waals surface area (Å²) in [6, 6.07) is 25.0. The molecular formula is C35H35FN2O6. The first kappa shape index (κ1) is 31.7. The van der Waals surface area contributed by atoms with Gasteiger partial charge in [-0.1, -0.05) is 54.6 Å². The van der Waals surface area contributed by atoms with Crippen LogP contribution in [0.5, 0.6) is 11.5 Å². The van der Waals surface area contributed by atoms with Gasteiger partial charge in [-0.05, 0) is 72.0 Å². The van der Waals surface area contributed by atoms with E-state index in [4.69, 9.17) is 9.47 Å². The predicted octanol–water partition coefficient (Wildman–Crippen LogP) is 6.16. The maximum atomic E-state index is 14.0. The van der Waals surface area contributed by atoms with Crippen LogP contribution in [0.3, 0.4) is 0 Å². The van der Waals surface area contributed by atoms with Crippen LogP contribution < -0.4 is 14.8 Å². The topological polar surface area (TPSA) is 105 Å². The van der Waals surface area contributed by atoms with Gasteiger partial charge in [0.1, 0.15) is 5.82 Å². The Morgan fingerprint density at radius 1 is 0.818 bits per heavy atom. The van der Waals surface area contributed by atoms with E-state index >= 15 is 0 Å². The zero-order chi connectivity index (χ0) is 31.6. The van der Waals surface area contributed by atoms with Gasteiger partial charge < -0.3 is 24.8 Å². The summed E-state index contributed by atoms with van der Waals surface area (Å²) < 4.78 is 24.1. The van der Waals surface area contributed by atoms with Gasteiger partial charge >= 0.3 is 5.97 Å². The number of aliphatic carboxylic acids is 1. The van der Waals surface area contributed by atoms with E-state index in [-0.39, 0.29) is 37.1 Å². The lowest BCUT2D eigenvalue weighted by Gasteiger charge is -2.24. The van der Waals surface area contributed by atoms with Crippen molar-refractivity contribution in [3.05, 3.63) is 119 Å². The zero-order valence-corrected chi connectivity index (χ0v) is 24.9. The minimum Gasteiger partial charge on any atom is -0.493 e. The standard InChI is InChI=1S/C35H35FN2O6/c1-23(25-13-15-26(36)16-14-25)37-34(41)29-10-6-4-8-27(29)28-9-5-7-11-30(28)35(42)38(21-19-33(39)40)20-18-24-12-17-31(43-2)32(22-24)44-3/h4-17,22-23H,18-21H2,1-3H3,(H,37,41)(H,39,40). The summed E-state index contributed by atoms with van der Waals surface area (Å²) in [6.07, 6.45) is 0.230. The number of carboxylic acids is 1. The lowest BCUT2D eigenvalue weighted by atomic mass is 9.94. The maximum Gasteiger partial charge on any atom is 0.305 e. The second-order valence-electron chi connectivity index (χ2n) is 10.2. The Balaban J connectivity index is 1.62. The number of ether oxygens (including phenoxy) is 2. The van der Waals surface area contributed by atoms with Gasteiger partial charge in [-0.15, -0.1) is 0 Å². The summed E-state index contributed by atoms with van der Waals surface area (Å²) in [5.74, 6) is -0.936. The maximum absolute atomic E-state index is 14.0. The average Bonchev–Trinajstić information content (AvgIpc) is 3.04. The Morgan fingerprint density at radius 3 is 2.07 bits per heavy atom. The second-order valence-corrected chi connectivity index (χ2v) is 10.2. The lowest BCUT2D eigenvalue weighted by molar-refractivity contribution is -0.137. The molecule has 0 saturated carbocycles. The van der Waals surface area contributed by atoms with Crippen LogP contribution in [0.25, 0.3) is 11.1 Å². The monoisotopic (exact) mass is 598 g/mol. The molecule has 2 amide bonds. The van der Waals surface area contributed by atoms with Gasteiger partial charge in [0, 0.05) is 24.2 Å². The summed E-state index contributed by atoms with van der Waals surface area (Å²) in [7, 11) is 3.10. The van der Waals surface area contributed by atoms with Gasteiger partial charge in [-0.2, -0.15) is 0 Å². The Morgan fingerprint density at radius 2 is 1.43 bits per heavy atom. The molecule has 4 aromatic rings. The van der Waals surface area contributed by atoms with Crippen LogP contribution in [-0.2, 0) is 11.2 Å². The van der Waals surface area contributed by atoms with E-state index in [0.29, 0.717) is 40.2 Å². The first-order valence-corrected chi connectivity index (χ1v) is 14.2. The second kappa shape index (κ2) is 14.8. The van der Waals surface area contributed by atoms with Gasteiger partial charge in [0.15, 0.2) is 11.5 Å². The molecule has 0 radical (unpaired) electrons. The molecule has 8 nitrogen and oxygen atoms in total. The minimum absolute atomic E-state index is 0.00705. The van der Waals surface area contributed by atoms with Crippen molar-refractivity contribution in [3.63, 3.8) is 0 Å². The van der Waals surface area contributed by atoms with Gasteiger partial charge in [-0.3, -0.25) is 14.4 Å². The van der Waals surface area contributed by atoms with Crippen LogP contribution >= 0.6 is 0 Å². The van der Waals surface area contributed by atoms with Gasteiger partial charge in [0.05, 0.1) is 26.7 Å². The van der Waals surface area contributed by atoms with E-state index in [1.807, 2.05) is 19.1 Å². The molecule has 0 spiro atoms. The molecule has 4 rings (SSSR count). The van der Waals surface area contributed by atoms with Crippen LogP contribution in [0.4, 0.5) is 4.39 Å². The Labute approximate surface area is 256 Å². The molecule has 0 fully saturated rings. The molecule has 0 aliphatic heterocycles. The van der Waals surface area contributed by atoms with Crippen molar-refractivity contribution >= 4 is 17.8 Å². The van der Waals surface area contributed by atoms with E-state index < -0.39 is 12.0 Å². The summed E-state index contributed by atoms with van der Waals surface area (Å²) in [4.78, 5) is 40.5. The first-order valence-electron chi connectivity index (χ1n) is 14.2. The van der Waals surface area contributed by atoms with Crippen LogP contribution in [0, 0.1) is 5.82 Å². The molecule has 228 valence electrons. The van der Waals surface area contributed by atoms with Crippen molar-refractivity contribution in [2.75, 3.05) is 27.3 Å². The molecule has 9 heteroatoms. The summed E-state index contributed by atoms with van der Waals surface area (Å²) in [5, 5.41) is 12.4. The number of benzene rings is 4. The van der Waals surface area contributed by atoms with Crippen molar-refractivity contribution in [1.29, 1.82) is 0 Å². The summed E-state index contributed by atoms with van der Waals surface area (Å²) in [6.45, 7) is 2.07. The van der Waals surface area contributed by atoms with E-state index in [0.717, 1.165) is 11.1 Å². The number of rotatable bonds is 13. The number of methoxy groups -OCH3 is 2. The van der Waals surface area contributed by atoms with Crippen LogP contribution in [-0.4, -0.2) is 55.1 Å². The number of carbonyl (C=O) groups is 3. The third-order valence-electron chi connectivity index (χ3n) is 7.34. The number of hydrogen-bond acceptors (Lipinski definition) is 5. The number of amides is 2. The smallest absolute Gasteiger partial charge is 0.305 e. The lowest BCUT2D eigenvalue weighted by Crippen LogP contribution is -2.35. The number of hydrogen-bond donors (Lipinski definition) is 2. The highest BCUT2D eigenvalue weighted by Crippen LogP contribution is 2.30. The highest BCUT2D eigenvalue weighted by atomic mass is 19.1. The Bertz CT molecular complexity index is 1620. The number of carboxylic acid groups (broad SMARTS) is 1. The van der Waals surface area contributed by atoms with Crippen LogP contribution in [0.15, 0.2) is 91.0 Å². The molecule has 4 aromatic carbocycles. The average molecular weight is 599 g/mol. The van der Waals surface area contributed by atoms with E-state index in [9.17, 15) is 23.9 Å². The fourth-order valence-corrected chi connectivity index (χ4v) is 4.95. The van der Waals surface area contributed by atoms with Gasteiger partial charge in [0.25, 0.3) is 11.8 Å². The minimum atomic E-state index is -1.01. The molecule has 0 aliphatic carbocycles. The molecule has 1 atom stereocenters. The number of nitrogens with zero attached hydrogens (tertiary/aromatic N) is 1. The predicted molar refractivity (Wildman–Crippen MR) is 166 cm³/mol. The van der Waals surface area contributed by atoms with E-state index in [1.165, 1.54) is 17.0 Å². The zero-order valence-electron chi connectivity index (χ0n) is 24.9. The van der Waals surface area contributed by atoms with Crippen molar-refractivity contribution in [1.82, 2.24) is 10.2 Å². The largest absolute Gasteiger partial charge is 0.493 e. The number of carbonyl (C=O) groups excluding carboxylic acids is 2. The summed E-state index contributed by atoms with van der Waals surface area (Å²) >= 11 is 0. The summed E-state index contributed by atoms with van der Waals surface area (Å²) in [5.41, 5.74) is 3.45. The van der Waals surface area contributed by atoms with Crippen molar-refractivity contribution in [2.45, 2.75) is 25.8 Å². The molecule has 0 bridgehead atoms. The molecule has 2 N–H and O–H groups in total. The van der Waals surface area contributed by atoms with Crippen molar-refractivity contribution in [2.24, 2.45) is 0 Å². The molecule has 0 heterocycles. The van der Waals surface area contributed by atoms with E-state index in [1.54, 1.807) is 80.9 Å². The third-order valence-corrected chi connectivity index (χ3v) is 7.34. The molecule has 0 aromatic heterocycles. The van der Waals surface area contributed by atoms with Gasteiger partial charge in [-0.25, -0.2) is 4.39 Å². The van der Waals surface area contributed by atoms with Crippen LogP contribution in [0.1, 0.15) is 51.2 Å². The SMILES string of the molecule is COc1ccc(CCN(CCC(=O)O)C(=O)c2ccccc2-c2ccccc2C(=O)NC(C)c2ccc(F)cc2)cc1OC. The number of nitrogens with one attached hydrogen (secondary N) is 1. The molecular weight excluding hydrogens is 563 g/mol. The van der Waals surface area contributed by atoms with Gasteiger partial charge in [0.2, 0.25) is 0 Å². The highest BCUT2D eigenvalue weighted by Gasteiger charge is 2.23. The fraction of sp³-hybridized carbons (Fsp3) is 0.229.